The van der Waals surface area contributed by atoms with E-state index in [2.05, 4.69) is 25.4 Å². The average molecular weight is 489 g/mol. The number of rotatable bonds is 9. The molecule has 0 aliphatic carbocycles. The van der Waals surface area contributed by atoms with Crippen LogP contribution in [-0.4, -0.2) is 44.3 Å². The second-order valence-corrected chi connectivity index (χ2v) is 7.32. The van der Waals surface area contributed by atoms with E-state index in [0.29, 0.717) is 11.3 Å². The fourth-order valence-corrected chi connectivity index (χ4v) is 3.35. The van der Waals surface area contributed by atoms with E-state index >= 15 is 4.39 Å². The summed E-state index contributed by atoms with van der Waals surface area (Å²) in [5, 5.41) is 23.9. The van der Waals surface area contributed by atoms with E-state index in [-0.39, 0.29) is 41.3 Å². The number of aromatic nitrogens is 5. The molecule has 2 aromatic heterocycles. The van der Waals surface area contributed by atoms with E-state index in [1.165, 1.54) is 31.6 Å². The summed E-state index contributed by atoms with van der Waals surface area (Å²) in [4.78, 5) is 23.4. The zero-order valence-electron chi connectivity index (χ0n) is 18.9. The first-order valence-corrected chi connectivity index (χ1v) is 10.5. The minimum Gasteiger partial charge on any atom is -0.497 e. The fraction of sp³-hybridized carbons (Fsp3) is 0.130. The smallest absolute Gasteiger partial charge is 0.350 e. The molecule has 0 amide bonds. The molecule has 0 saturated carbocycles. The van der Waals surface area contributed by atoms with Crippen LogP contribution in [0.15, 0.2) is 59.7 Å². The minimum atomic E-state index is -1.05. The summed E-state index contributed by atoms with van der Waals surface area (Å²) in [7, 11) is 1.40. The van der Waals surface area contributed by atoms with Gasteiger partial charge < -0.3 is 20.5 Å². The highest BCUT2D eigenvalue weighted by Crippen LogP contribution is 2.34. The van der Waals surface area contributed by atoms with Gasteiger partial charge in [0, 0.05) is 35.3 Å². The maximum absolute atomic E-state index is 15.6. The predicted molar refractivity (Wildman–Crippen MR) is 127 cm³/mol. The second kappa shape index (κ2) is 10.3. The molecular formula is C23H20FN9O3. The van der Waals surface area contributed by atoms with Crippen molar-refractivity contribution in [1.29, 1.82) is 10.7 Å². The lowest BCUT2D eigenvalue weighted by Gasteiger charge is -2.21. The predicted octanol–water partition coefficient (Wildman–Crippen LogP) is 1.89. The van der Waals surface area contributed by atoms with Crippen LogP contribution in [0, 0.1) is 22.6 Å². The summed E-state index contributed by atoms with van der Waals surface area (Å²) in [5.41, 5.74) is 5.92. The van der Waals surface area contributed by atoms with E-state index < -0.39 is 17.5 Å². The van der Waals surface area contributed by atoms with Gasteiger partial charge in [0.25, 0.3) is 5.95 Å². The zero-order valence-corrected chi connectivity index (χ0v) is 18.9. The number of amidine groups is 1. The van der Waals surface area contributed by atoms with Crippen molar-refractivity contribution in [2.24, 2.45) is 5.73 Å². The molecule has 13 heteroatoms. The van der Waals surface area contributed by atoms with Gasteiger partial charge in [0.15, 0.2) is 24.0 Å². The molecular weight excluding hydrogens is 469 g/mol. The largest absolute Gasteiger partial charge is 0.497 e. The molecule has 12 nitrogen and oxygen atoms in total. The van der Waals surface area contributed by atoms with E-state index in [4.69, 9.17) is 25.9 Å². The van der Waals surface area contributed by atoms with Gasteiger partial charge in [-0.05, 0) is 36.4 Å². The van der Waals surface area contributed by atoms with Crippen LogP contribution in [0.3, 0.4) is 0 Å². The summed E-state index contributed by atoms with van der Waals surface area (Å²) >= 11 is 0. The lowest BCUT2D eigenvalue weighted by molar-refractivity contribution is 0.338. The number of hydrogen-bond acceptors (Lipinski definition) is 9. The molecule has 1 unspecified atom stereocenters. The molecule has 4 rings (SSSR count). The van der Waals surface area contributed by atoms with Crippen molar-refractivity contribution in [2.45, 2.75) is 6.04 Å². The summed E-state index contributed by atoms with van der Waals surface area (Å²) in [6.07, 6.45) is 2.91. The number of nitrogen functional groups attached to an aromatic ring is 1. The second-order valence-electron chi connectivity index (χ2n) is 7.32. The van der Waals surface area contributed by atoms with Crippen molar-refractivity contribution in [2.75, 3.05) is 19.0 Å². The third kappa shape index (κ3) is 4.97. The van der Waals surface area contributed by atoms with Crippen LogP contribution >= 0.6 is 0 Å². The Balaban J connectivity index is 1.84. The van der Waals surface area contributed by atoms with Crippen molar-refractivity contribution in [1.82, 2.24) is 24.7 Å². The number of methoxy groups -OCH3 is 1. The number of nitrogens with one attached hydrogen (secondary N) is 3. The number of nitriles is 1. The van der Waals surface area contributed by atoms with Crippen molar-refractivity contribution in [3.05, 3.63) is 88.1 Å². The van der Waals surface area contributed by atoms with E-state index in [9.17, 15) is 4.79 Å². The third-order valence-corrected chi connectivity index (χ3v) is 5.04. The van der Waals surface area contributed by atoms with Crippen LogP contribution in [0.2, 0.25) is 0 Å². The molecule has 0 aliphatic rings. The first-order valence-electron chi connectivity index (χ1n) is 10.5. The Hall–Kier alpha value is -5.25. The van der Waals surface area contributed by atoms with Crippen LogP contribution in [-0.2, 0) is 0 Å². The molecule has 182 valence electrons. The number of ether oxygens (including phenoxy) is 2. The Morgan fingerprint density at radius 3 is 2.67 bits per heavy atom. The van der Waals surface area contributed by atoms with Crippen LogP contribution in [0.4, 0.5) is 10.1 Å². The zero-order chi connectivity index (χ0) is 25.7. The van der Waals surface area contributed by atoms with Gasteiger partial charge >= 0.3 is 5.69 Å². The summed E-state index contributed by atoms with van der Waals surface area (Å²) in [6, 6.07) is 11.6. The van der Waals surface area contributed by atoms with Gasteiger partial charge in [-0.3, -0.25) is 10.4 Å². The van der Waals surface area contributed by atoms with Gasteiger partial charge in [-0.25, -0.2) is 19.2 Å². The van der Waals surface area contributed by atoms with Crippen molar-refractivity contribution in [3.8, 4) is 23.5 Å². The van der Waals surface area contributed by atoms with Gasteiger partial charge in [0.2, 0.25) is 0 Å². The number of nitrogens with zero attached hydrogens (tertiary/aromatic N) is 5. The number of H-pyrrole nitrogens is 1. The number of benzene rings is 2. The first-order chi connectivity index (χ1) is 17.4. The first kappa shape index (κ1) is 23.9. The molecule has 0 fully saturated rings. The summed E-state index contributed by atoms with van der Waals surface area (Å²) < 4.78 is 27.1. The highest BCUT2D eigenvalue weighted by atomic mass is 19.1. The fourth-order valence-electron chi connectivity index (χ4n) is 3.35. The quantitative estimate of drug-likeness (QED) is 0.202. The maximum Gasteiger partial charge on any atom is 0.350 e. The van der Waals surface area contributed by atoms with Gasteiger partial charge in [-0.15, -0.1) is 9.78 Å². The minimum absolute atomic E-state index is 0.0211. The molecule has 0 bridgehead atoms. The number of halogens is 1. The maximum atomic E-state index is 15.6. The highest BCUT2D eigenvalue weighted by molar-refractivity contribution is 5.95. The van der Waals surface area contributed by atoms with Crippen LogP contribution in [0.25, 0.3) is 5.95 Å². The third-order valence-electron chi connectivity index (χ3n) is 5.04. The van der Waals surface area contributed by atoms with E-state index in [1.807, 2.05) is 0 Å². The molecule has 2 heterocycles. The van der Waals surface area contributed by atoms with Crippen LogP contribution in [0.5, 0.6) is 11.5 Å². The normalized spacial score (nSPS) is 11.4. The van der Waals surface area contributed by atoms with Crippen LogP contribution in [0.1, 0.15) is 23.0 Å². The van der Waals surface area contributed by atoms with Gasteiger partial charge in [0.05, 0.1) is 7.11 Å². The van der Waals surface area contributed by atoms with Crippen molar-refractivity contribution >= 4 is 11.5 Å². The molecule has 0 saturated heterocycles. The van der Waals surface area contributed by atoms with Crippen molar-refractivity contribution in [3.63, 3.8) is 0 Å². The van der Waals surface area contributed by atoms with E-state index in [0.717, 1.165) is 4.68 Å². The monoisotopic (exact) mass is 489 g/mol. The number of hydrogen-bond donors (Lipinski definition) is 4. The Bertz CT molecular complexity index is 1480. The summed E-state index contributed by atoms with van der Waals surface area (Å²) in [6.45, 7) is -0.384. The Morgan fingerprint density at radius 1 is 1.31 bits per heavy atom. The number of anilines is 1. The molecule has 0 spiro atoms. The topological polar surface area (TPSA) is 181 Å². The molecule has 5 N–H and O–H groups in total. The molecule has 0 radical (unpaired) electrons. The molecule has 2 aromatic carbocycles. The van der Waals surface area contributed by atoms with Crippen molar-refractivity contribution < 1.29 is 13.9 Å². The number of nitrogens with two attached hydrogens (primary N) is 1. The Labute approximate surface area is 203 Å². The lowest BCUT2D eigenvalue weighted by Crippen LogP contribution is -2.18. The SMILES string of the molecule is COc1cc(OCC#N)c(F)c(C(Nc2ccc(C(=N)N)cc2)c2nn(-c3ncccn3)c(=O)[nH]2)c1. The molecule has 4 aromatic rings. The highest BCUT2D eigenvalue weighted by Gasteiger charge is 2.27. The summed E-state index contributed by atoms with van der Waals surface area (Å²) in [5.74, 6) is -0.776. The lowest BCUT2D eigenvalue weighted by atomic mass is 10.0. The average Bonchev–Trinajstić information content (AvgIpc) is 3.28. The molecule has 1 atom stereocenters. The number of aromatic amines is 1. The van der Waals surface area contributed by atoms with Gasteiger partial charge in [0.1, 0.15) is 23.7 Å². The Morgan fingerprint density at radius 2 is 2.03 bits per heavy atom. The standard InChI is InChI=1S/C23H20FN9O3/c1-35-15-11-16(18(24)17(12-15)36-10-7-25)19(30-14-5-3-13(4-6-14)20(26)27)21-31-23(34)33(32-21)22-28-8-2-9-29-22/h2-6,8-9,11-12,19,30H,10H2,1H3,(H3,26,27)(H,31,32,34). The Kier molecular flexibility index (Phi) is 6.87. The van der Waals surface area contributed by atoms with Gasteiger partial charge in [-0.2, -0.15) is 5.26 Å². The van der Waals surface area contributed by atoms with Crippen LogP contribution < -0.4 is 26.2 Å². The molecule has 36 heavy (non-hydrogen) atoms. The molecule has 0 aliphatic heterocycles. The van der Waals surface area contributed by atoms with Gasteiger partial charge in [-0.1, -0.05) is 0 Å². The van der Waals surface area contributed by atoms with E-state index in [1.54, 1.807) is 36.4 Å².